The van der Waals surface area contributed by atoms with E-state index in [1.54, 1.807) is 6.20 Å². The first-order chi connectivity index (χ1) is 6.88. The van der Waals surface area contributed by atoms with Crippen molar-refractivity contribution in [2.45, 2.75) is 42.5 Å². The van der Waals surface area contributed by atoms with Crippen LogP contribution in [0.2, 0.25) is 0 Å². The number of nitrogens with zero attached hydrogens (tertiary/aromatic N) is 2. The highest BCUT2D eigenvalue weighted by molar-refractivity contribution is 7.99. The van der Waals surface area contributed by atoms with E-state index in [1.807, 2.05) is 11.8 Å². The zero-order chi connectivity index (χ0) is 9.80. The minimum atomic E-state index is 0.549. The van der Waals surface area contributed by atoms with Crippen molar-refractivity contribution >= 4 is 11.8 Å². The lowest BCUT2D eigenvalue weighted by Gasteiger charge is -2.07. The lowest BCUT2D eigenvalue weighted by molar-refractivity contribution is 0.866. The van der Waals surface area contributed by atoms with Gasteiger partial charge in [-0.05, 0) is 24.5 Å². The summed E-state index contributed by atoms with van der Waals surface area (Å²) in [4.78, 5) is 0. The largest absolute Gasteiger partial charge is 0.326 e. The normalized spacial score (nSPS) is 17.5. The Kier molecular flexibility index (Phi) is 3.37. The van der Waals surface area contributed by atoms with Crippen LogP contribution in [0, 0.1) is 0 Å². The predicted octanol–water partition coefficient (Wildman–Crippen LogP) is 1.97. The summed E-state index contributed by atoms with van der Waals surface area (Å²) in [6, 6.07) is 2.05. The lowest BCUT2D eigenvalue weighted by atomic mass is 10.3. The Morgan fingerprint density at radius 1 is 1.43 bits per heavy atom. The second-order valence-electron chi connectivity index (χ2n) is 3.63. The van der Waals surface area contributed by atoms with Crippen molar-refractivity contribution in [1.29, 1.82) is 0 Å². The fraction of sp³-hybridized carbons (Fsp3) is 0.600. The van der Waals surface area contributed by atoms with E-state index in [1.165, 1.54) is 25.7 Å². The summed E-state index contributed by atoms with van der Waals surface area (Å²) in [5.41, 5.74) is 6.62. The average Bonchev–Trinajstić information content (AvgIpc) is 2.71. The zero-order valence-electron chi connectivity index (χ0n) is 8.15. The molecular formula is C10H15N3S. The second kappa shape index (κ2) is 4.75. The fourth-order valence-electron chi connectivity index (χ4n) is 1.73. The first-order valence-electron chi connectivity index (χ1n) is 5.07. The number of nitrogens with two attached hydrogens (primary N) is 1. The highest BCUT2D eigenvalue weighted by atomic mass is 32.2. The van der Waals surface area contributed by atoms with Gasteiger partial charge in [0.2, 0.25) is 0 Å². The molecule has 0 amide bonds. The van der Waals surface area contributed by atoms with Gasteiger partial charge in [0.05, 0.1) is 6.20 Å². The molecule has 0 aliphatic heterocycles. The Morgan fingerprint density at radius 2 is 2.21 bits per heavy atom. The molecule has 76 valence electrons. The zero-order valence-corrected chi connectivity index (χ0v) is 8.96. The Labute approximate surface area is 88.5 Å². The van der Waals surface area contributed by atoms with Gasteiger partial charge < -0.3 is 5.73 Å². The number of rotatable bonds is 3. The molecule has 1 aromatic rings. The summed E-state index contributed by atoms with van der Waals surface area (Å²) < 4.78 is 0. The summed E-state index contributed by atoms with van der Waals surface area (Å²) >= 11 is 1.85. The number of thioether (sulfide) groups is 1. The van der Waals surface area contributed by atoms with Crippen LogP contribution in [-0.4, -0.2) is 15.4 Å². The lowest BCUT2D eigenvalue weighted by Crippen LogP contribution is -2.00. The van der Waals surface area contributed by atoms with E-state index < -0.39 is 0 Å². The Morgan fingerprint density at radius 3 is 2.93 bits per heavy atom. The molecule has 1 aliphatic rings. The molecule has 0 bridgehead atoms. The molecule has 2 rings (SSSR count). The summed E-state index contributed by atoms with van der Waals surface area (Å²) in [7, 11) is 0. The molecule has 2 N–H and O–H groups in total. The van der Waals surface area contributed by atoms with E-state index in [0.717, 1.165) is 15.8 Å². The van der Waals surface area contributed by atoms with Crippen LogP contribution < -0.4 is 5.73 Å². The van der Waals surface area contributed by atoms with Crippen LogP contribution in [0.5, 0.6) is 0 Å². The van der Waals surface area contributed by atoms with Crippen molar-refractivity contribution in [1.82, 2.24) is 10.2 Å². The molecule has 3 nitrogen and oxygen atoms in total. The van der Waals surface area contributed by atoms with E-state index in [-0.39, 0.29) is 0 Å². The molecule has 0 unspecified atom stereocenters. The van der Waals surface area contributed by atoms with Crippen LogP contribution in [-0.2, 0) is 6.54 Å². The van der Waals surface area contributed by atoms with Gasteiger partial charge in [0.1, 0.15) is 5.03 Å². The van der Waals surface area contributed by atoms with Crippen LogP contribution in [0.3, 0.4) is 0 Å². The molecule has 4 heteroatoms. The molecule has 1 aliphatic carbocycles. The van der Waals surface area contributed by atoms with Crippen molar-refractivity contribution < 1.29 is 0 Å². The quantitative estimate of drug-likeness (QED) is 0.827. The van der Waals surface area contributed by atoms with Gasteiger partial charge in [0.25, 0.3) is 0 Å². The third kappa shape index (κ3) is 2.45. The smallest absolute Gasteiger partial charge is 0.119 e. The molecule has 1 aromatic heterocycles. The van der Waals surface area contributed by atoms with Crippen molar-refractivity contribution in [2.75, 3.05) is 0 Å². The monoisotopic (exact) mass is 209 g/mol. The van der Waals surface area contributed by atoms with Crippen molar-refractivity contribution in [3.05, 3.63) is 17.8 Å². The van der Waals surface area contributed by atoms with Crippen LogP contribution in [0.4, 0.5) is 0 Å². The van der Waals surface area contributed by atoms with Gasteiger partial charge in [-0.1, -0.05) is 12.8 Å². The van der Waals surface area contributed by atoms with Crippen molar-refractivity contribution in [3.8, 4) is 0 Å². The van der Waals surface area contributed by atoms with Gasteiger partial charge in [-0.15, -0.1) is 16.9 Å². The molecule has 1 saturated carbocycles. The van der Waals surface area contributed by atoms with Gasteiger partial charge >= 0.3 is 0 Å². The van der Waals surface area contributed by atoms with E-state index in [2.05, 4.69) is 16.3 Å². The average molecular weight is 209 g/mol. The summed E-state index contributed by atoms with van der Waals surface area (Å²) in [6.45, 7) is 0.549. The van der Waals surface area contributed by atoms with Crippen LogP contribution >= 0.6 is 11.8 Å². The molecule has 0 atom stereocenters. The minimum Gasteiger partial charge on any atom is -0.326 e. The summed E-state index contributed by atoms with van der Waals surface area (Å²) in [5.74, 6) is 0. The van der Waals surface area contributed by atoms with E-state index in [9.17, 15) is 0 Å². The molecule has 1 heterocycles. The molecular weight excluding hydrogens is 194 g/mol. The molecule has 14 heavy (non-hydrogen) atoms. The first kappa shape index (κ1) is 9.93. The second-order valence-corrected chi connectivity index (χ2v) is 4.95. The van der Waals surface area contributed by atoms with Crippen molar-refractivity contribution in [2.24, 2.45) is 5.73 Å². The molecule has 0 spiro atoms. The van der Waals surface area contributed by atoms with Gasteiger partial charge in [0.15, 0.2) is 0 Å². The Balaban J connectivity index is 2.00. The topological polar surface area (TPSA) is 51.8 Å². The van der Waals surface area contributed by atoms with Crippen LogP contribution in [0.25, 0.3) is 0 Å². The number of hydrogen-bond donors (Lipinski definition) is 1. The van der Waals surface area contributed by atoms with E-state index in [0.29, 0.717) is 6.54 Å². The van der Waals surface area contributed by atoms with E-state index >= 15 is 0 Å². The maximum Gasteiger partial charge on any atom is 0.119 e. The van der Waals surface area contributed by atoms with Crippen LogP contribution in [0.15, 0.2) is 17.3 Å². The summed E-state index contributed by atoms with van der Waals surface area (Å²) in [5, 5.41) is 9.83. The maximum absolute atomic E-state index is 5.55. The van der Waals surface area contributed by atoms with Gasteiger partial charge in [-0.2, -0.15) is 5.10 Å². The van der Waals surface area contributed by atoms with E-state index in [4.69, 9.17) is 5.73 Å². The molecule has 0 radical (unpaired) electrons. The first-order valence-corrected chi connectivity index (χ1v) is 5.95. The number of hydrogen-bond acceptors (Lipinski definition) is 4. The molecule has 0 saturated heterocycles. The van der Waals surface area contributed by atoms with Gasteiger partial charge in [-0.3, -0.25) is 0 Å². The molecule has 0 aromatic carbocycles. The minimum absolute atomic E-state index is 0.549. The standard InChI is InChI=1S/C10H15N3S/c11-6-8-5-10(13-12-7-8)14-9-3-1-2-4-9/h5,7,9H,1-4,6,11H2. The highest BCUT2D eigenvalue weighted by Gasteiger charge is 2.16. The third-order valence-electron chi connectivity index (χ3n) is 2.51. The third-order valence-corrected chi connectivity index (χ3v) is 3.76. The van der Waals surface area contributed by atoms with Gasteiger partial charge in [-0.25, -0.2) is 0 Å². The van der Waals surface area contributed by atoms with Gasteiger partial charge in [0, 0.05) is 11.8 Å². The predicted molar refractivity (Wildman–Crippen MR) is 58.0 cm³/mol. The Hall–Kier alpha value is -0.610. The van der Waals surface area contributed by atoms with Crippen LogP contribution in [0.1, 0.15) is 31.2 Å². The maximum atomic E-state index is 5.55. The molecule has 1 fully saturated rings. The van der Waals surface area contributed by atoms with Crippen molar-refractivity contribution in [3.63, 3.8) is 0 Å². The fourth-order valence-corrected chi connectivity index (χ4v) is 2.96. The SMILES string of the molecule is NCc1cnnc(SC2CCCC2)c1. The Bertz CT molecular complexity index is 297. The number of aromatic nitrogens is 2. The summed E-state index contributed by atoms with van der Waals surface area (Å²) in [6.07, 6.45) is 7.10. The highest BCUT2D eigenvalue weighted by Crippen LogP contribution is 2.33.